The van der Waals surface area contributed by atoms with Crippen LogP contribution in [0.5, 0.6) is 0 Å². The van der Waals surface area contributed by atoms with Crippen molar-refractivity contribution in [1.82, 2.24) is 5.32 Å². The van der Waals surface area contributed by atoms with Crippen LogP contribution in [-0.4, -0.2) is 24.5 Å². The van der Waals surface area contributed by atoms with Crippen LogP contribution in [0.3, 0.4) is 0 Å². The highest BCUT2D eigenvalue weighted by Gasteiger charge is 2.20. The average Bonchev–Trinajstić information content (AvgIpc) is 2.95. The van der Waals surface area contributed by atoms with Crippen LogP contribution in [0.1, 0.15) is 28.6 Å². The Morgan fingerprint density at radius 2 is 1.96 bits per heavy atom. The SMILES string of the molecule is Cc1occc1C(=O)O[C@@H](C)C(=O)NCCc1ccc(F)cc1. The van der Waals surface area contributed by atoms with Gasteiger partial charge < -0.3 is 14.5 Å². The molecule has 5 nitrogen and oxygen atoms in total. The number of aryl methyl sites for hydroxylation is 1. The predicted molar refractivity (Wildman–Crippen MR) is 81.4 cm³/mol. The molecule has 122 valence electrons. The van der Waals surface area contributed by atoms with Crippen molar-refractivity contribution in [3.63, 3.8) is 0 Å². The van der Waals surface area contributed by atoms with E-state index >= 15 is 0 Å². The van der Waals surface area contributed by atoms with Gasteiger partial charge in [-0.2, -0.15) is 0 Å². The normalized spacial score (nSPS) is 11.8. The molecule has 0 radical (unpaired) electrons. The molecule has 1 N–H and O–H groups in total. The maximum Gasteiger partial charge on any atom is 0.342 e. The summed E-state index contributed by atoms with van der Waals surface area (Å²) in [4.78, 5) is 23.8. The summed E-state index contributed by atoms with van der Waals surface area (Å²) >= 11 is 0. The summed E-state index contributed by atoms with van der Waals surface area (Å²) in [5, 5.41) is 2.68. The van der Waals surface area contributed by atoms with E-state index in [0.717, 1.165) is 5.56 Å². The first-order chi connectivity index (χ1) is 11.0. The number of furan rings is 1. The molecule has 0 aliphatic carbocycles. The molecule has 0 aliphatic heterocycles. The summed E-state index contributed by atoms with van der Waals surface area (Å²) in [6.45, 7) is 3.52. The molecule has 6 heteroatoms. The lowest BCUT2D eigenvalue weighted by molar-refractivity contribution is -0.129. The molecule has 23 heavy (non-hydrogen) atoms. The monoisotopic (exact) mass is 319 g/mol. The molecule has 1 aromatic carbocycles. The fourth-order valence-electron chi connectivity index (χ4n) is 2.00. The van der Waals surface area contributed by atoms with Gasteiger partial charge in [-0.15, -0.1) is 0 Å². The van der Waals surface area contributed by atoms with E-state index in [9.17, 15) is 14.0 Å². The maximum atomic E-state index is 12.8. The molecule has 1 heterocycles. The van der Waals surface area contributed by atoms with Crippen LogP contribution in [0, 0.1) is 12.7 Å². The minimum atomic E-state index is -0.912. The highest BCUT2D eigenvalue weighted by molar-refractivity contribution is 5.92. The van der Waals surface area contributed by atoms with E-state index in [1.165, 1.54) is 31.4 Å². The van der Waals surface area contributed by atoms with E-state index in [2.05, 4.69) is 5.32 Å². The Bertz CT molecular complexity index is 678. The number of halogens is 1. The van der Waals surface area contributed by atoms with Crippen molar-refractivity contribution in [2.24, 2.45) is 0 Å². The number of nitrogens with one attached hydrogen (secondary N) is 1. The molecule has 0 unspecified atom stereocenters. The van der Waals surface area contributed by atoms with Crippen molar-refractivity contribution in [2.75, 3.05) is 6.54 Å². The van der Waals surface area contributed by atoms with Crippen molar-refractivity contribution < 1.29 is 23.1 Å². The second-order valence-electron chi connectivity index (χ2n) is 5.11. The van der Waals surface area contributed by atoms with E-state index < -0.39 is 12.1 Å². The second kappa shape index (κ2) is 7.58. The summed E-state index contributed by atoms with van der Waals surface area (Å²) in [5.74, 6) is -0.842. The third kappa shape index (κ3) is 4.67. The number of hydrogen-bond acceptors (Lipinski definition) is 4. The van der Waals surface area contributed by atoms with Gasteiger partial charge in [-0.25, -0.2) is 9.18 Å². The zero-order valence-electron chi connectivity index (χ0n) is 13.0. The van der Waals surface area contributed by atoms with Crippen molar-refractivity contribution in [2.45, 2.75) is 26.4 Å². The lowest BCUT2D eigenvalue weighted by Crippen LogP contribution is -2.36. The van der Waals surface area contributed by atoms with E-state index in [1.807, 2.05) is 0 Å². The molecule has 1 amide bonds. The summed E-state index contributed by atoms with van der Waals surface area (Å²) in [6, 6.07) is 7.56. The Kier molecular flexibility index (Phi) is 5.51. The Hall–Kier alpha value is -2.63. The molecule has 0 fully saturated rings. The molecule has 2 rings (SSSR count). The number of ether oxygens (including phenoxy) is 1. The average molecular weight is 319 g/mol. The van der Waals surface area contributed by atoms with Gasteiger partial charge >= 0.3 is 5.97 Å². The van der Waals surface area contributed by atoms with Gasteiger partial charge in [0.2, 0.25) is 0 Å². The number of esters is 1. The largest absolute Gasteiger partial charge is 0.469 e. The van der Waals surface area contributed by atoms with Crippen LogP contribution in [-0.2, 0) is 16.0 Å². The topological polar surface area (TPSA) is 68.5 Å². The van der Waals surface area contributed by atoms with E-state index in [4.69, 9.17) is 9.15 Å². The van der Waals surface area contributed by atoms with Gasteiger partial charge in [-0.3, -0.25) is 4.79 Å². The van der Waals surface area contributed by atoms with Crippen LogP contribution in [0.15, 0.2) is 41.0 Å². The predicted octanol–water partition coefficient (Wildman–Crippen LogP) is 2.63. The number of rotatable bonds is 6. The fraction of sp³-hybridized carbons (Fsp3) is 0.294. The van der Waals surface area contributed by atoms with Crippen LogP contribution in [0.25, 0.3) is 0 Å². The van der Waals surface area contributed by atoms with Crippen molar-refractivity contribution in [3.8, 4) is 0 Å². The molecular weight excluding hydrogens is 301 g/mol. The second-order valence-corrected chi connectivity index (χ2v) is 5.11. The lowest BCUT2D eigenvalue weighted by Gasteiger charge is -2.13. The number of hydrogen-bond donors (Lipinski definition) is 1. The summed E-state index contributed by atoms with van der Waals surface area (Å²) < 4.78 is 22.9. The highest BCUT2D eigenvalue weighted by atomic mass is 19.1. The van der Waals surface area contributed by atoms with Gasteiger partial charge in [0.1, 0.15) is 17.1 Å². The van der Waals surface area contributed by atoms with E-state index in [0.29, 0.717) is 24.3 Å². The fourth-order valence-corrected chi connectivity index (χ4v) is 2.00. The molecule has 0 saturated carbocycles. The summed E-state index contributed by atoms with van der Waals surface area (Å²) in [7, 11) is 0. The van der Waals surface area contributed by atoms with Crippen LogP contribution in [0.4, 0.5) is 4.39 Å². The number of carbonyl (C=O) groups excluding carboxylic acids is 2. The molecular formula is C17H18FNO4. The molecule has 0 spiro atoms. The smallest absolute Gasteiger partial charge is 0.342 e. The molecule has 0 saturated heterocycles. The number of carbonyl (C=O) groups is 2. The Labute approximate surface area is 133 Å². The molecule has 0 bridgehead atoms. The van der Waals surface area contributed by atoms with Crippen LogP contribution in [0.2, 0.25) is 0 Å². The molecule has 1 atom stereocenters. The molecule has 2 aromatic rings. The first-order valence-corrected chi connectivity index (χ1v) is 7.24. The first-order valence-electron chi connectivity index (χ1n) is 7.24. The number of benzene rings is 1. The van der Waals surface area contributed by atoms with Gasteiger partial charge in [-0.05, 0) is 44.0 Å². The number of amides is 1. The van der Waals surface area contributed by atoms with Gasteiger partial charge in [0.05, 0.1) is 6.26 Å². The van der Waals surface area contributed by atoms with Crippen molar-refractivity contribution in [3.05, 3.63) is 59.3 Å². The standard InChI is InChI=1S/C17H18FNO4/c1-11-15(8-10-22-11)17(21)23-12(2)16(20)19-9-7-13-3-5-14(18)6-4-13/h3-6,8,10,12H,7,9H2,1-2H3,(H,19,20)/t12-/m0/s1. The van der Waals surface area contributed by atoms with Crippen molar-refractivity contribution in [1.29, 1.82) is 0 Å². The Balaban J connectivity index is 1.77. The van der Waals surface area contributed by atoms with Crippen molar-refractivity contribution >= 4 is 11.9 Å². The van der Waals surface area contributed by atoms with E-state index in [-0.39, 0.29) is 11.7 Å². The van der Waals surface area contributed by atoms with Gasteiger partial charge in [-0.1, -0.05) is 12.1 Å². The molecule has 0 aliphatic rings. The van der Waals surface area contributed by atoms with Gasteiger partial charge in [0, 0.05) is 6.54 Å². The van der Waals surface area contributed by atoms with Gasteiger partial charge in [0.15, 0.2) is 6.10 Å². The third-order valence-corrected chi connectivity index (χ3v) is 3.36. The zero-order chi connectivity index (χ0) is 16.8. The minimum Gasteiger partial charge on any atom is -0.469 e. The lowest BCUT2D eigenvalue weighted by atomic mass is 10.1. The highest BCUT2D eigenvalue weighted by Crippen LogP contribution is 2.11. The summed E-state index contributed by atoms with van der Waals surface area (Å²) in [6.07, 6.45) is 1.04. The minimum absolute atomic E-state index is 0.298. The third-order valence-electron chi connectivity index (χ3n) is 3.36. The van der Waals surface area contributed by atoms with E-state index in [1.54, 1.807) is 19.1 Å². The van der Waals surface area contributed by atoms with Crippen LogP contribution >= 0.6 is 0 Å². The van der Waals surface area contributed by atoms with Crippen LogP contribution < -0.4 is 5.32 Å². The maximum absolute atomic E-state index is 12.8. The Morgan fingerprint density at radius 3 is 2.57 bits per heavy atom. The summed E-state index contributed by atoms with van der Waals surface area (Å²) in [5.41, 5.74) is 1.21. The quantitative estimate of drug-likeness (QED) is 0.831. The zero-order valence-corrected chi connectivity index (χ0v) is 13.0. The molecule has 1 aromatic heterocycles. The Morgan fingerprint density at radius 1 is 1.26 bits per heavy atom. The van der Waals surface area contributed by atoms with Gasteiger partial charge in [0.25, 0.3) is 5.91 Å². The first kappa shape index (κ1) is 16.7.